The van der Waals surface area contributed by atoms with Gasteiger partial charge in [0.1, 0.15) is 18.4 Å². The lowest BCUT2D eigenvalue weighted by atomic mass is 10.0. The van der Waals surface area contributed by atoms with E-state index in [9.17, 15) is 4.79 Å². The number of carbonyl (C=O) groups is 1. The van der Waals surface area contributed by atoms with Gasteiger partial charge in [0, 0.05) is 24.7 Å². The lowest BCUT2D eigenvalue weighted by Gasteiger charge is -2.26. The van der Waals surface area contributed by atoms with Crippen LogP contribution in [-0.4, -0.2) is 40.3 Å². The van der Waals surface area contributed by atoms with Crippen LogP contribution >= 0.6 is 11.6 Å². The van der Waals surface area contributed by atoms with Crippen molar-refractivity contribution in [3.8, 4) is 11.5 Å². The Labute approximate surface area is 182 Å². The topological polar surface area (TPSA) is 56.6 Å². The van der Waals surface area contributed by atoms with Crippen LogP contribution in [0.2, 0.25) is 5.15 Å². The third-order valence-corrected chi connectivity index (χ3v) is 5.93. The zero-order valence-corrected chi connectivity index (χ0v) is 18.5. The van der Waals surface area contributed by atoms with Gasteiger partial charge < -0.3 is 14.4 Å². The zero-order chi connectivity index (χ0) is 21.3. The van der Waals surface area contributed by atoms with Crippen LogP contribution < -0.4 is 9.47 Å². The summed E-state index contributed by atoms with van der Waals surface area (Å²) in [5.74, 6) is 1.95. The van der Waals surface area contributed by atoms with Crippen molar-refractivity contribution in [3.63, 3.8) is 0 Å². The molecule has 30 heavy (non-hydrogen) atoms. The van der Waals surface area contributed by atoms with Crippen LogP contribution in [0.1, 0.15) is 49.6 Å². The van der Waals surface area contributed by atoms with Crippen molar-refractivity contribution < 1.29 is 14.3 Å². The predicted octanol–water partition coefficient (Wildman–Crippen LogP) is 4.65. The quantitative estimate of drug-likeness (QED) is 0.649. The lowest BCUT2D eigenvalue weighted by molar-refractivity contribution is -0.126. The first kappa shape index (κ1) is 20.8. The van der Waals surface area contributed by atoms with E-state index in [1.807, 2.05) is 30.0 Å². The predicted molar refractivity (Wildman–Crippen MR) is 117 cm³/mol. The Morgan fingerprint density at radius 3 is 2.83 bits per heavy atom. The number of nitrogens with zero attached hydrogens (tertiary/aromatic N) is 3. The fourth-order valence-electron chi connectivity index (χ4n) is 4.12. The molecule has 0 N–H and O–H groups in total. The van der Waals surface area contributed by atoms with E-state index >= 15 is 0 Å². The molecule has 2 aromatic rings. The van der Waals surface area contributed by atoms with Crippen LogP contribution in [0.4, 0.5) is 0 Å². The molecule has 0 saturated carbocycles. The van der Waals surface area contributed by atoms with Crippen LogP contribution in [0.15, 0.2) is 24.3 Å². The van der Waals surface area contributed by atoms with Gasteiger partial charge in [-0.3, -0.25) is 9.48 Å². The second kappa shape index (κ2) is 8.72. The highest BCUT2D eigenvalue weighted by atomic mass is 35.5. The number of hydrogen-bond donors (Lipinski definition) is 0. The molecular weight excluding hydrogens is 402 g/mol. The summed E-state index contributed by atoms with van der Waals surface area (Å²) in [6, 6.07) is 6.01. The lowest BCUT2D eigenvalue weighted by Crippen LogP contribution is -2.29. The summed E-state index contributed by atoms with van der Waals surface area (Å²) in [7, 11) is 0. The molecule has 3 heterocycles. The summed E-state index contributed by atoms with van der Waals surface area (Å²) < 4.78 is 13.1. The highest BCUT2D eigenvalue weighted by Gasteiger charge is 2.30. The molecule has 2 aliphatic heterocycles. The summed E-state index contributed by atoms with van der Waals surface area (Å²) in [6.45, 7) is 8.77. The maximum atomic E-state index is 13.0. The van der Waals surface area contributed by atoms with Crippen molar-refractivity contribution in [1.82, 2.24) is 14.7 Å². The molecule has 0 radical (unpaired) electrons. The first-order valence-corrected chi connectivity index (χ1v) is 10.9. The summed E-state index contributed by atoms with van der Waals surface area (Å²) >= 11 is 6.51. The van der Waals surface area contributed by atoms with Crippen molar-refractivity contribution >= 4 is 23.6 Å². The van der Waals surface area contributed by atoms with Crippen molar-refractivity contribution in [1.29, 1.82) is 0 Å². The molecule has 1 fully saturated rings. The zero-order valence-electron chi connectivity index (χ0n) is 17.7. The molecule has 1 unspecified atom stereocenters. The minimum atomic E-state index is -0.0144. The Bertz CT molecular complexity index is 967. The third kappa shape index (κ3) is 4.19. The molecule has 4 rings (SSSR count). The molecule has 0 spiro atoms. The van der Waals surface area contributed by atoms with Gasteiger partial charge >= 0.3 is 0 Å². The molecule has 1 amide bonds. The largest absolute Gasteiger partial charge is 0.486 e. The summed E-state index contributed by atoms with van der Waals surface area (Å²) in [4.78, 5) is 14.9. The number of hydrogen-bond acceptors (Lipinski definition) is 4. The van der Waals surface area contributed by atoms with Crippen molar-refractivity contribution in [2.24, 2.45) is 5.92 Å². The Kier molecular flexibility index (Phi) is 6.04. The Morgan fingerprint density at radius 1 is 1.30 bits per heavy atom. The molecule has 6 nitrogen and oxygen atoms in total. The monoisotopic (exact) mass is 429 g/mol. The van der Waals surface area contributed by atoms with Gasteiger partial charge in [0.2, 0.25) is 5.91 Å². The van der Waals surface area contributed by atoms with E-state index in [4.69, 9.17) is 21.1 Å². The van der Waals surface area contributed by atoms with Gasteiger partial charge in [0.25, 0.3) is 0 Å². The van der Waals surface area contributed by atoms with Gasteiger partial charge in [-0.1, -0.05) is 31.5 Å². The second-order valence-electron chi connectivity index (χ2n) is 8.29. The van der Waals surface area contributed by atoms with E-state index < -0.39 is 0 Å². The smallest absolute Gasteiger partial charge is 0.247 e. The van der Waals surface area contributed by atoms with Crippen molar-refractivity contribution in [2.75, 3.05) is 19.8 Å². The Morgan fingerprint density at radius 2 is 2.07 bits per heavy atom. The van der Waals surface area contributed by atoms with Crippen LogP contribution in [-0.2, 0) is 11.3 Å². The fourth-order valence-corrected chi connectivity index (χ4v) is 4.42. The molecule has 1 saturated heterocycles. The summed E-state index contributed by atoms with van der Waals surface area (Å²) in [6.07, 6.45) is 5.32. The SMILES string of the molecule is Cc1nn(CC(C)C)c(Cl)c1/C=C/C(=O)N1CCCC1c1ccc2c(c1)OCCO2. The van der Waals surface area contributed by atoms with Gasteiger partial charge in [-0.25, -0.2) is 0 Å². The average Bonchev–Trinajstić information content (AvgIpc) is 3.31. The fraction of sp³-hybridized carbons (Fsp3) is 0.478. The molecule has 1 atom stereocenters. The van der Waals surface area contributed by atoms with Crippen molar-refractivity contribution in [3.05, 3.63) is 46.2 Å². The third-order valence-electron chi connectivity index (χ3n) is 5.53. The molecule has 160 valence electrons. The van der Waals surface area contributed by atoms with Gasteiger partial charge in [0.15, 0.2) is 11.5 Å². The number of carbonyl (C=O) groups excluding carboxylic acids is 1. The number of amides is 1. The van der Waals surface area contributed by atoms with Gasteiger partial charge in [-0.2, -0.15) is 5.10 Å². The number of rotatable bonds is 5. The first-order chi connectivity index (χ1) is 14.4. The first-order valence-electron chi connectivity index (χ1n) is 10.5. The van der Waals surface area contributed by atoms with Crippen LogP contribution in [0.25, 0.3) is 6.08 Å². The Balaban J connectivity index is 1.51. The number of ether oxygens (including phenoxy) is 2. The van der Waals surface area contributed by atoms with E-state index in [1.165, 1.54) is 0 Å². The number of aryl methyl sites for hydroxylation is 1. The highest BCUT2D eigenvalue weighted by molar-refractivity contribution is 6.31. The van der Waals surface area contributed by atoms with E-state index in [0.29, 0.717) is 24.3 Å². The maximum Gasteiger partial charge on any atom is 0.247 e. The van der Waals surface area contributed by atoms with Crippen LogP contribution in [0.5, 0.6) is 11.5 Å². The van der Waals surface area contributed by atoms with Gasteiger partial charge in [0.05, 0.1) is 11.7 Å². The molecular formula is C23H28ClN3O3. The van der Waals surface area contributed by atoms with E-state index in [-0.39, 0.29) is 11.9 Å². The summed E-state index contributed by atoms with van der Waals surface area (Å²) in [5.41, 5.74) is 2.72. The molecule has 0 aliphatic carbocycles. The Hall–Kier alpha value is -2.47. The number of aromatic nitrogens is 2. The van der Waals surface area contributed by atoms with E-state index in [2.05, 4.69) is 18.9 Å². The number of halogens is 1. The van der Waals surface area contributed by atoms with Crippen LogP contribution in [0, 0.1) is 12.8 Å². The molecule has 2 aliphatic rings. The number of likely N-dealkylation sites (tertiary alicyclic amines) is 1. The van der Waals surface area contributed by atoms with Gasteiger partial charge in [-0.15, -0.1) is 0 Å². The van der Waals surface area contributed by atoms with Crippen molar-refractivity contribution in [2.45, 2.75) is 46.2 Å². The van der Waals surface area contributed by atoms with E-state index in [1.54, 1.807) is 16.8 Å². The van der Waals surface area contributed by atoms with E-state index in [0.717, 1.165) is 54.3 Å². The van der Waals surface area contributed by atoms with Gasteiger partial charge in [-0.05, 0) is 49.5 Å². The normalized spacial score (nSPS) is 18.6. The number of fused-ring (bicyclic) bond motifs is 1. The molecule has 7 heteroatoms. The maximum absolute atomic E-state index is 13.0. The van der Waals surface area contributed by atoms with Crippen LogP contribution in [0.3, 0.4) is 0 Å². The minimum absolute atomic E-state index is 0.0144. The molecule has 1 aromatic heterocycles. The number of benzene rings is 1. The standard InChI is InChI=1S/C23H28ClN3O3/c1-15(2)14-27-23(24)18(16(3)25-27)7-9-22(28)26-10-4-5-19(26)17-6-8-20-21(13-17)30-12-11-29-20/h6-9,13,15,19H,4-5,10-12,14H2,1-3H3/b9-7+. The molecule has 0 bridgehead atoms. The minimum Gasteiger partial charge on any atom is -0.486 e. The second-order valence-corrected chi connectivity index (χ2v) is 8.65. The molecule has 1 aromatic carbocycles. The average molecular weight is 430 g/mol. The highest BCUT2D eigenvalue weighted by Crippen LogP contribution is 2.38. The summed E-state index contributed by atoms with van der Waals surface area (Å²) in [5, 5.41) is 5.09.